The number of hydrogen-bond acceptors (Lipinski definition) is 1. The Hall–Kier alpha value is -1.54. The molecule has 19 heavy (non-hydrogen) atoms. The standard InChI is InChI=1S/C16H18ClNO/c1-12(10-17)11-18-16(19)9-13-6-7-14-4-2-3-5-15(14)8-13/h2-8,12H,9-11H2,1H3,(H,18,19). The molecule has 1 amide bonds. The average Bonchev–Trinajstić information content (AvgIpc) is 2.44. The van der Waals surface area contributed by atoms with Crippen LogP contribution in [0.25, 0.3) is 10.8 Å². The van der Waals surface area contributed by atoms with E-state index >= 15 is 0 Å². The van der Waals surface area contributed by atoms with E-state index in [1.54, 1.807) is 0 Å². The zero-order chi connectivity index (χ0) is 13.7. The lowest BCUT2D eigenvalue weighted by atomic mass is 10.0. The zero-order valence-electron chi connectivity index (χ0n) is 11.0. The number of carbonyl (C=O) groups is 1. The highest BCUT2D eigenvalue weighted by Gasteiger charge is 2.06. The van der Waals surface area contributed by atoms with Crippen molar-refractivity contribution in [2.24, 2.45) is 5.92 Å². The first-order chi connectivity index (χ1) is 9.19. The minimum Gasteiger partial charge on any atom is -0.356 e. The molecule has 0 heterocycles. The Bertz CT molecular complexity index is 567. The molecule has 0 aromatic heterocycles. The number of hydrogen-bond donors (Lipinski definition) is 1. The number of amides is 1. The topological polar surface area (TPSA) is 29.1 Å². The fourth-order valence-electron chi connectivity index (χ4n) is 1.94. The van der Waals surface area contributed by atoms with Crippen LogP contribution in [-0.2, 0) is 11.2 Å². The van der Waals surface area contributed by atoms with Gasteiger partial charge in [-0.25, -0.2) is 0 Å². The molecule has 2 aromatic carbocycles. The minimum atomic E-state index is 0.0484. The summed E-state index contributed by atoms with van der Waals surface area (Å²) in [5, 5.41) is 5.27. The van der Waals surface area contributed by atoms with Crippen molar-refractivity contribution in [3.63, 3.8) is 0 Å². The summed E-state index contributed by atoms with van der Waals surface area (Å²) in [5.74, 6) is 0.922. The predicted octanol–water partition coefficient (Wildman–Crippen LogP) is 3.37. The first-order valence-electron chi connectivity index (χ1n) is 6.49. The van der Waals surface area contributed by atoms with Gasteiger partial charge in [-0.15, -0.1) is 11.6 Å². The molecule has 0 saturated heterocycles. The molecule has 0 aliphatic carbocycles. The van der Waals surface area contributed by atoms with Gasteiger partial charge in [0.1, 0.15) is 0 Å². The Morgan fingerprint density at radius 2 is 1.95 bits per heavy atom. The lowest BCUT2D eigenvalue weighted by Crippen LogP contribution is -2.30. The molecule has 0 saturated carbocycles. The van der Waals surface area contributed by atoms with Crippen LogP contribution >= 0.6 is 11.6 Å². The molecule has 0 aliphatic rings. The van der Waals surface area contributed by atoms with Gasteiger partial charge in [0.25, 0.3) is 0 Å². The molecule has 1 N–H and O–H groups in total. The van der Waals surface area contributed by atoms with Gasteiger partial charge in [-0.1, -0.05) is 49.4 Å². The lowest BCUT2D eigenvalue weighted by molar-refractivity contribution is -0.120. The number of alkyl halides is 1. The van der Waals surface area contributed by atoms with Gasteiger partial charge in [0.05, 0.1) is 6.42 Å². The fraction of sp³-hybridized carbons (Fsp3) is 0.312. The van der Waals surface area contributed by atoms with E-state index in [9.17, 15) is 4.79 Å². The second-order valence-electron chi connectivity index (χ2n) is 4.92. The molecule has 100 valence electrons. The summed E-state index contributed by atoms with van der Waals surface area (Å²) in [6, 6.07) is 14.3. The van der Waals surface area contributed by atoms with Crippen LogP contribution in [0.5, 0.6) is 0 Å². The van der Waals surface area contributed by atoms with E-state index in [4.69, 9.17) is 11.6 Å². The third kappa shape index (κ3) is 3.97. The zero-order valence-corrected chi connectivity index (χ0v) is 11.8. The second-order valence-corrected chi connectivity index (χ2v) is 5.23. The smallest absolute Gasteiger partial charge is 0.224 e. The van der Waals surface area contributed by atoms with Crippen molar-refractivity contribution < 1.29 is 4.79 Å². The number of rotatable bonds is 5. The predicted molar refractivity (Wildman–Crippen MR) is 80.5 cm³/mol. The Morgan fingerprint density at radius 1 is 1.21 bits per heavy atom. The van der Waals surface area contributed by atoms with E-state index in [2.05, 4.69) is 29.6 Å². The van der Waals surface area contributed by atoms with Gasteiger partial charge in [0.15, 0.2) is 0 Å². The maximum Gasteiger partial charge on any atom is 0.224 e. The molecule has 0 aliphatic heterocycles. The summed E-state index contributed by atoms with van der Waals surface area (Å²) in [6.45, 7) is 2.65. The third-order valence-corrected chi connectivity index (χ3v) is 3.62. The summed E-state index contributed by atoms with van der Waals surface area (Å²) < 4.78 is 0. The molecule has 0 spiro atoms. The SMILES string of the molecule is CC(CCl)CNC(=O)Cc1ccc2ccccc2c1. The van der Waals surface area contributed by atoms with Gasteiger partial charge in [0, 0.05) is 12.4 Å². The molecule has 1 atom stereocenters. The van der Waals surface area contributed by atoms with E-state index in [1.165, 1.54) is 10.8 Å². The summed E-state index contributed by atoms with van der Waals surface area (Å²) in [7, 11) is 0. The molecule has 1 unspecified atom stereocenters. The van der Waals surface area contributed by atoms with Crippen molar-refractivity contribution in [3.8, 4) is 0 Å². The van der Waals surface area contributed by atoms with Crippen LogP contribution in [-0.4, -0.2) is 18.3 Å². The van der Waals surface area contributed by atoms with Crippen LogP contribution in [0.15, 0.2) is 42.5 Å². The maximum absolute atomic E-state index is 11.8. The van der Waals surface area contributed by atoms with Crippen molar-refractivity contribution in [2.75, 3.05) is 12.4 Å². The van der Waals surface area contributed by atoms with Crippen LogP contribution in [0, 0.1) is 5.92 Å². The van der Waals surface area contributed by atoms with E-state index in [0.717, 1.165) is 5.56 Å². The van der Waals surface area contributed by atoms with Gasteiger partial charge >= 0.3 is 0 Å². The van der Waals surface area contributed by atoms with Crippen LogP contribution in [0.4, 0.5) is 0 Å². The average molecular weight is 276 g/mol. The van der Waals surface area contributed by atoms with Crippen molar-refractivity contribution in [1.29, 1.82) is 0 Å². The highest BCUT2D eigenvalue weighted by atomic mass is 35.5. The molecule has 0 radical (unpaired) electrons. The van der Waals surface area contributed by atoms with E-state index in [0.29, 0.717) is 24.8 Å². The van der Waals surface area contributed by atoms with Crippen molar-refractivity contribution >= 4 is 28.3 Å². The number of benzene rings is 2. The van der Waals surface area contributed by atoms with Crippen LogP contribution < -0.4 is 5.32 Å². The van der Waals surface area contributed by atoms with E-state index < -0.39 is 0 Å². The van der Waals surface area contributed by atoms with E-state index in [-0.39, 0.29) is 5.91 Å². The maximum atomic E-state index is 11.8. The lowest BCUT2D eigenvalue weighted by Gasteiger charge is -2.09. The van der Waals surface area contributed by atoms with Crippen LogP contribution in [0.3, 0.4) is 0 Å². The van der Waals surface area contributed by atoms with Gasteiger partial charge < -0.3 is 5.32 Å². The largest absolute Gasteiger partial charge is 0.356 e. The van der Waals surface area contributed by atoms with Crippen molar-refractivity contribution in [3.05, 3.63) is 48.0 Å². The molecule has 2 nitrogen and oxygen atoms in total. The normalized spacial score (nSPS) is 12.3. The summed E-state index contributed by atoms with van der Waals surface area (Å²) in [4.78, 5) is 11.8. The summed E-state index contributed by atoms with van der Waals surface area (Å²) >= 11 is 5.71. The van der Waals surface area contributed by atoms with E-state index in [1.807, 2.05) is 25.1 Å². The first kappa shape index (κ1) is 13.9. The number of carbonyl (C=O) groups excluding carboxylic acids is 1. The molecular formula is C16H18ClNO. The van der Waals surface area contributed by atoms with Crippen LogP contribution in [0.1, 0.15) is 12.5 Å². The fourth-order valence-corrected chi connectivity index (χ4v) is 2.05. The molecule has 0 bridgehead atoms. The Kier molecular flexibility index (Phi) is 4.80. The summed E-state index contributed by atoms with van der Waals surface area (Å²) in [6.07, 6.45) is 0.417. The highest BCUT2D eigenvalue weighted by Crippen LogP contribution is 2.15. The van der Waals surface area contributed by atoms with Gasteiger partial charge in [-0.05, 0) is 22.3 Å². The molecule has 2 rings (SSSR count). The minimum absolute atomic E-state index is 0.0484. The number of halogens is 1. The molecular weight excluding hydrogens is 258 g/mol. The molecule has 0 fully saturated rings. The Morgan fingerprint density at radius 3 is 2.68 bits per heavy atom. The van der Waals surface area contributed by atoms with Gasteiger partial charge in [-0.2, -0.15) is 0 Å². The first-order valence-corrected chi connectivity index (χ1v) is 7.03. The Labute approximate surface area is 118 Å². The number of nitrogens with one attached hydrogen (secondary N) is 1. The third-order valence-electron chi connectivity index (χ3n) is 3.09. The highest BCUT2D eigenvalue weighted by molar-refractivity contribution is 6.18. The Balaban J connectivity index is 1.99. The molecule has 3 heteroatoms. The van der Waals surface area contributed by atoms with Gasteiger partial charge in [0.2, 0.25) is 5.91 Å². The summed E-state index contributed by atoms with van der Waals surface area (Å²) in [5.41, 5.74) is 1.04. The van der Waals surface area contributed by atoms with Crippen molar-refractivity contribution in [2.45, 2.75) is 13.3 Å². The monoisotopic (exact) mass is 275 g/mol. The molecule has 2 aromatic rings. The number of fused-ring (bicyclic) bond motifs is 1. The van der Waals surface area contributed by atoms with Crippen LogP contribution in [0.2, 0.25) is 0 Å². The van der Waals surface area contributed by atoms with Crippen molar-refractivity contribution in [1.82, 2.24) is 5.32 Å². The van der Waals surface area contributed by atoms with Gasteiger partial charge in [-0.3, -0.25) is 4.79 Å². The quantitative estimate of drug-likeness (QED) is 0.833. The second kappa shape index (κ2) is 6.58.